The summed E-state index contributed by atoms with van der Waals surface area (Å²) in [6, 6.07) is 7.90. The average Bonchev–Trinajstić information content (AvgIpc) is 2.78. The lowest BCUT2D eigenvalue weighted by Crippen LogP contribution is -1.98. The minimum absolute atomic E-state index is 0.0761. The van der Waals surface area contributed by atoms with E-state index in [1.165, 1.54) is 17.3 Å². The van der Waals surface area contributed by atoms with Crippen LogP contribution in [0.1, 0.15) is 11.3 Å². The predicted octanol–water partition coefficient (Wildman–Crippen LogP) is 2.97. The van der Waals surface area contributed by atoms with E-state index in [1.54, 1.807) is 6.26 Å². The summed E-state index contributed by atoms with van der Waals surface area (Å²) in [5, 5.41) is 8.54. The van der Waals surface area contributed by atoms with E-state index in [0.29, 0.717) is 11.6 Å². The summed E-state index contributed by atoms with van der Waals surface area (Å²) in [5.74, 6) is 0.372. The number of rotatable bonds is 5. The van der Waals surface area contributed by atoms with Crippen molar-refractivity contribution < 1.29 is 14.3 Å². The molecule has 0 aliphatic heterocycles. The van der Waals surface area contributed by atoms with Crippen molar-refractivity contribution in [3.05, 3.63) is 41.8 Å². The molecule has 0 bridgehead atoms. The maximum absolute atomic E-state index is 10.4. The average molecular weight is 263 g/mol. The lowest BCUT2D eigenvalue weighted by Gasteiger charge is -1.95. The molecule has 1 N–H and O–H groups in total. The van der Waals surface area contributed by atoms with Crippen LogP contribution in [0.2, 0.25) is 0 Å². The normalized spacial score (nSPS) is 10.5. The van der Waals surface area contributed by atoms with Crippen LogP contribution in [-0.2, 0) is 10.5 Å². The molecule has 94 valence electrons. The van der Waals surface area contributed by atoms with Gasteiger partial charge in [-0.25, -0.2) is 4.98 Å². The SMILES string of the molecule is Cc1ccc(-c2nc(CSCC(=O)O)co2)cc1. The minimum Gasteiger partial charge on any atom is -0.481 e. The number of carboxylic acid groups (broad SMARTS) is 1. The zero-order valence-electron chi connectivity index (χ0n) is 9.92. The van der Waals surface area contributed by atoms with Gasteiger partial charge in [-0.2, -0.15) is 0 Å². The second-order valence-corrected chi connectivity index (χ2v) is 4.88. The Morgan fingerprint density at radius 1 is 1.39 bits per heavy atom. The molecule has 18 heavy (non-hydrogen) atoms. The first kappa shape index (κ1) is 12.7. The molecule has 5 heteroatoms. The summed E-state index contributed by atoms with van der Waals surface area (Å²) in [6.45, 7) is 2.02. The number of carbonyl (C=O) groups is 1. The second-order valence-electron chi connectivity index (χ2n) is 3.90. The van der Waals surface area contributed by atoms with Gasteiger partial charge in [0.15, 0.2) is 0 Å². The number of aryl methyl sites for hydroxylation is 1. The fourth-order valence-electron chi connectivity index (χ4n) is 1.44. The minimum atomic E-state index is -0.817. The lowest BCUT2D eigenvalue weighted by atomic mass is 10.1. The van der Waals surface area contributed by atoms with Gasteiger partial charge in [0.25, 0.3) is 0 Å². The third kappa shape index (κ3) is 3.37. The van der Waals surface area contributed by atoms with Crippen molar-refractivity contribution in [2.45, 2.75) is 12.7 Å². The largest absolute Gasteiger partial charge is 0.481 e. The maximum Gasteiger partial charge on any atom is 0.313 e. The molecule has 2 rings (SSSR count). The quantitative estimate of drug-likeness (QED) is 0.898. The molecule has 1 aromatic carbocycles. The summed E-state index contributed by atoms with van der Waals surface area (Å²) >= 11 is 1.30. The van der Waals surface area contributed by atoms with Crippen molar-refractivity contribution in [3.63, 3.8) is 0 Å². The van der Waals surface area contributed by atoms with E-state index in [0.717, 1.165) is 11.3 Å². The van der Waals surface area contributed by atoms with E-state index in [9.17, 15) is 4.79 Å². The molecular formula is C13H13NO3S. The van der Waals surface area contributed by atoms with Crippen molar-refractivity contribution in [2.24, 2.45) is 0 Å². The highest BCUT2D eigenvalue weighted by atomic mass is 32.2. The van der Waals surface area contributed by atoms with Gasteiger partial charge in [0, 0.05) is 11.3 Å². The van der Waals surface area contributed by atoms with Gasteiger partial charge in [-0.15, -0.1) is 11.8 Å². The van der Waals surface area contributed by atoms with Crippen LogP contribution in [0, 0.1) is 6.92 Å². The number of benzene rings is 1. The molecular weight excluding hydrogens is 250 g/mol. The number of carboxylic acids is 1. The van der Waals surface area contributed by atoms with Crippen LogP contribution in [0.4, 0.5) is 0 Å². The van der Waals surface area contributed by atoms with Crippen LogP contribution in [0.5, 0.6) is 0 Å². The molecule has 0 fully saturated rings. The highest BCUT2D eigenvalue weighted by Crippen LogP contribution is 2.21. The van der Waals surface area contributed by atoms with Gasteiger partial charge in [-0.1, -0.05) is 17.7 Å². The van der Waals surface area contributed by atoms with Gasteiger partial charge in [-0.3, -0.25) is 4.79 Å². The monoisotopic (exact) mass is 263 g/mol. The summed E-state index contributed by atoms with van der Waals surface area (Å²) in [4.78, 5) is 14.7. The Bertz CT molecular complexity index is 533. The molecule has 0 spiro atoms. The molecule has 0 aliphatic carbocycles. The van der Waals surface area contributed by atoms with Gasteiger partial charge in [0.05, 0.1) is 11.4 Å². The molecule has 2 aromatic rings. The van der Waals surface area contributed by atoms with Crippen molar-refractivity contribution in [1.29, 1.82) is 0 Å². The first-order valence-corrected chi connectivity index (χ1v) is 6.61. The third-order valence-corrected chi connectivity index (χ3v) is 3.28. The van der Waals surface area contributed by atoms with Crippen LogP contribution in [0.3, 0.4) is 0 Å². The molecule has 0 atom stereocenters. The summed E-state index contributed by atoms with van der Waals surface area (Å²) in [7, 11) is 0. The van der Waals surface area contributed by atoms with Crippen LogP contribution < -0.4 is 0 Å². The van der Waals surface area contributed by atoms with Gasteiger partial charge < -0.3 is 9.52 Å². The van der Waals surface area contributed by atoms with E-state index < -0.39 is 5.97 Å². The fourth-order valence-corrected chi connectivity index (χ4v) is 2.06. The van der Waals surface area contributed by atoms with Gasteiger partial charge in [0.2, 0.25) is 5.89 Å². The molecule has 0 radical (unpaired) electrons. The van der Waals surface area contributed by atoms with E-state index in [2.05, 4.69) is 4.98 Å². The molecule has 0 unspecified atom stereocenters. The number of nitrogens with zero attached hydrogens (tertiary/aromatic N) is 1. The first-order valence-electron chi connectivity index (χ1n) is 5.46. The number of hydrogen-bond acceptors (Lipinski definition) is 4. The van der Waals surface area contributed by atoms with Gasteiger partial charge in [0.1, 0.15) is 6.26 Å². The predicted molar refractivity (Wildman–Crippen MR) is 70.5 cm³/mol. The Kier molecular flexibility index (Phi) is 4.04. The zero-order chi connectivity index (χ0) is 13.0. The Balaban J connectivity index is 2.01. The Morgan fingerprint density at radius 2 is 2.11 bits per heavy atom. The molecule has 0 saturated carbocycles. The van der Waals surface area contributed by atoms with Crippen molar-refractivity contribution in [1.82, 2.24) is 4.98 Å². The van der Waals surface area contributed by atoms with Crippen LogP contribution in [0.25, 0.3) is 11.5 Å². The van der Waals surface area contributed by atoms with Gasteiger partial charge in [-0.05, 0) is 19.1 Å². The van der Waals surface area contributed by atoms with Crippen molar-refractivity contribution in [3.8, 4) is 11.5 Å². The van der Waals surface area contributed by atoms with Crippen LogP contribution in [0.15, 0.2) is 34.9 Å². The number of thioether (sulfide) groups is 1. The van der Waals surface area contributed by atoms with E-state index in [4.69, 9.17) is 9.52 Å². The summed E-state index contributed by atoms with van der Waals surface area (Å²) < 4.78 is 5.38. The Morgan fingerprint density at radius 3 is 2.78 bits per heavy atom. The highest BCUT2D eigenvalue weighted by Gasteiger charge is 2.07. The van der Waals surface area contributed by atoms with Crippen molar-refractivity contribution in [2.75, 3.05) is 5.75 Å². The number of aromatic nitrogens is 1. The lowest BCUT2D eigenvalue weighted by molar-refractivity contribution is -0.133. The van der Waals surface area contributed by atoms with Gasteiger partial charge >= 0.3 is 5.97 Å². The third-order valence-electron chi connectivity index (χ3n) is 2.33. The zero-order valence-corrected chi connectivity index (χ0v) is 10.7. The molecule has 1 heterocycles. The number of oxazole rings is 1. The Labute approximate surface area is 109 Å². The Hall–Kier alpha value is -1.75. The summed E-state index contributed by atoms with van der Waals surface area (Å²) in [6.07, 6.45) is 1.57. The van der Waals surface area contributed by atoms with Crippen LogP contribution in [-0.4, -0.2) is 21.8 Å². The molecule has 0 saturated heterocycles. The van der Waals surface area contributed by atoms with Crippen molar-refractivity contribution >= 4 is 17.7 Å². The maximum atomic E-state index is 10.4. The number of hydrogen-bond donors (Lipinski definition) is 1. The standard InChI is InChI=1S/C13H13NO3S/c1-9-2-4-10(5-3-9)13-14-11(6-17-13)7-18-8-12(15)16/h2-6H,7-8H2,1H3,(H,15,16). The topological polar surface area (TPSA) is 63.3 Å². The number of aliphatic carboxylic acids is 1. The summed E-state index contributed by atoms with van der Waals surface area (Å²) in [5.41, 5.74) is 2.87. The molecule has 1 aromatic heterocycles. The second kappa shape index (κ2) is 5.73. The van der Waals surface area contributed by atoms with E-state index in [-0.39, 0.29) is 5.75 Å². The molecule has 0 aliphatic rings. The van der Waals surface area contributed by atoms with E-state index in [1.807, 2.05) is 31.2 Å². The highest BCUT2D eigenvalue weighted by molar-refractivity contribution is 7.99. The molecule has 0 amide bonds. The fraction of sp³-hybridized carbons (Fsp3) is 0.231. The molecule has 4 nitrogen and oxygen atoms in total. The van der Waals surface area contributed by atoms with Crippen LogP contribution >= 0.6 is 11.8 Å². The smallest absolute Gasteiger partial charge is 0.313 e. The first-order chi connectivity index (χ1) is 8.65. The van der Waals surface area contributed by atoms with E-state index >= 15 is 0 Å².